The van der Waals surface area contributed by atoms with Gasteiger partial charge in [0.05, 0.1) is 24.3 Å². The molecular formula is C30H34F4N4O4. The molecule has 2 aromatic carbocycles. The minimum absolute atomic E-state index is 0.0965. The number of rotatable bonds is 7. The third kappa shape index (κ3) is 8.62. The van der Waals surface area contributed by atoms with Crippen molar-refractivity contribution in [2.24, 2.45) is 5.92 Å². The Kier molecular flexibility index (Phi) is 10.3. The summed E-state index contributed by atoms with van der Waals surface area (Å²) in [5, 5.41) is 25.9. The second kappa shape index (κ2) is 13.9. The summed E-state index contributed by atoms with van der Waals surface area (Å²) in [5.41, 5.74) is 4.35. The van der Waals surface area contributed by atoms with Gasteiger partial charge in [0.15, 0.2) is 0 Å². The normalized spacial score (nSPS) is 17.3. The smallest absolute Gasteiger partial charge is 0.480 e. The lowest BCUT2D eigenvalue weighted by Crippen LogP contribution is -2.36. The van der Waals surface area contributed by atoms with Gasteiger partial charge < -0.3 is 15.5 Å². The first-order valence-electron chi connectivity index (χ1n) is 13.9. The fourth-order valence-electron chi connectivity index (χ4n) is 5.34. The number of hydrogen-bond donors (Lipinski definition) is 3. The summed E-state index contributed by atoms with van der Waals surface area (Å²) >= 11 is 0. The van der Waals surface area contributed by atoms with Crippen molar-refractivity contribution >= 4 is 28.9 Å². The number of carboxylic acids is 2. The maximum Gasteiger partial charge on any atom is 0.490 e. The van der Waals surface area contributed by atoms with Crippen molar-refractivity contribution in [2.75, 3.05) is 32.7 Å². The van der Waals surface area contributed by atoms with E-state index in [1.54, 1.807) is 0 Å². The summed E-state index contributed by atoms with van der Waals surface area (Å²) in [6.45, 7) is 4.36. The first kappa shape index (κ1) is 31.2. The lowest BCUT2D eigenvalue weighted by atomic mass is 9.91. The molecule has 0 amide bonds. The van der Waals surface area contributed by atoms with Gasteiger partial charge in [0.25, 0.3) is 0 Å². The zero-order valence-electron chi connectivity index (χ0n) is 23.0. The fraction of sp³-hybridized carbons (Fsp3) is 0.433. The zero-order chi connectivity index (χ0) is 30.3. The van der Waals surface area contributed by atoms with Crippen molar-refractivity contribution in [3.8, 4) is 0 Å². The monoisotopic (exact) mass is 590 g/mol. The molecule has 0 aliphatic carbocycles. The minimum atomic E-state index is -5.08. The van der Waals surface area contributed by atoms with Gasteiger partial charge >= 0.3 is 18.1 Å². The standard InChI is InChI=1S/C28H33FN4O2.C2HF3O2/c29-24-6-3-22(4-7-24)18-33-26-17-21(2-1-20-9-13-30-14-10-20)5-8-25(26)28(31-33)23-11-15-32(16-12-23)19-27(34)35;3-2(4,5)1(6)7/h1-8,17,20,23,30H,9-16,18-19H2,(H,34,35);(H,6,7)/b2-1+;. The van der Waals surface area contributed by atoms with E-state index < -0.39 is 18.1 Å². The van der Waals surface area contributed by atoms with Crippen molar-refractivity contribution in [3.63, 3.8) is 0 Å². The summed E-state index contributed by atoms with van der Waals surface area (Å²) in [5.74, 6) is -2.86. The maximum atomic E-state index is 13.5. The van der Waals surface area contributed by atoms with Gasteiger partial charge in [-0.1, -0.05) is 36.4 Å². The van der Waals surface area contributed by atoms with E-state index in [1.807, 2.05) is 21.7 Å². The van der Waals surface area contributed by atoms with Crippen LogP contribution in [0.2, 0.25) is 0 Å². The van der Waals surface area contributed by atoms with Gasteiger partial charge in [0.2, 0.25) is 0 Å². The van der Waals surface area contributed by atoms with Crippen LogP contribution in [0.1, 0.15) is 48.4 Å². The van der Waals surface area contributed by atoms with Crippen LogP contribution in [0.15, 0.2) is 48.5 Å². The number of aliphatic carboxylic acids is 2. The Morgan fingerprint density at radius 2 is 1.64 bits per heavy atom. The van der Waals surface area contributed by atoms with Crippen LogP contribution < -0.4 is 5.32 Å². The Bertz CT molecular complexity index is 1390. The number of benzene rings is 2. The Morgan fingerprint density at radius 1 is 1.00 bits per heavy atom. The first-order valence-corrected chi connectivity index (χ1v) is 13.9. The van der Waals surface area contributed by atoms with E-state index in [9.17, 15) is 22.4 Å². The molecule has 0 atom stereocenters. The van der Waals surface area contributed by atoms with E-state index in [1.165, 1.54) is 30.5 Å². The molecule has 3 heterocycles. The summed E-state index contributed by atoms with van der Waals surface area (Å²) in [4.78, 5) is 22.0. The third-order valence-corrected chi connectivity index (χ3v) is 7.57. The molecule has 0 saturated carbocycles. The predicted molar refractivity (Wildman–Crippen MR) is 150 cm³/mol. The van der Waals surface area contributed by atoms with Crippen LogP contribution in [0.5, 0.6) is 0 Å². The highest BCUT2D eigenvalue weighted by molar-refractivity contribution is 5.85. The molecule has 2 aliphatic rings. The molecule has 12 heteroatoms. The largest absolute Gasteiger partial charge is 0.490 e. The second-order valence-corrected chi connectivity index (χ2v) is 10.6. The molecule has 1 aromatic heterocycles. The first-order chi connectivity index (χ1) is 20.0. The van der Waals surface area contributed by atoms with Crippen molar-refractivity contribution in [1.82, 2.24) is 20.0 Å². The van der Waals surface area contributed by atoms with Gasteiger partial charge in [0.1, 0.15) is 5.82 Å². The van der Waals surface area contributed by atoms with Crippen molar-refractivity contribution in [2.45, 2.75) is 44.3 Å². The summed E-state index contributed by atoms with van der Waals surface area (Å²) < 4.78 is 47.2. The van der Waals surface area contributed by atoms with Gasteiger partial charge in [-0.3, -0.25) is 14.4 Å². The number of hydrogen-bond acceptors (Lipinski definition) is 5. The maximum absolute atomic E-state index is 13.5. The Hall–Kier alpha value is -3.77. The molecule has 2 saturated heterocycles. The number of allylic oxidation sites excluding steroid dienone is 1. The SMILES string of the molecule is O=C(O)C(F)(F)F.O=C(O)CN1CCC(c2nn(Cc3ccc(F)cc3)c3cc(/C=C/C4CCNCC4)ccc23)CC1. The molecule has 5 rings (SSSR count). The molecule has 0 unspecified atom stereocenters. The second-order valence-electron chi connectivity index (χ2n) is 10.6. The van der Waals surface area contributed by atoms with E-state index in [0.29, 0.717) is 18.4 Å². The molecular weight excluding hydrogens is 556 g/mol. The van der Waals surface area contributed by atoms with Gasteiger partial charge in [-0.25, -0.2) is 9.18 Å². The quantitative estimate of drug-likeness (QED) is 0.328. The van der Waals surface area contributed by atoms with Crippen LogP contribution in [-0.4, -0.2) is 75.7 Å². The third-order valence-electron chi connectivity index (χ3n) is 7.57. The topological polar surface area (TPSA) is 108 Å². The van der Waals surface area contributed by atoms with E-state index in [4.69, 9.17) is 20.1 Å². The van der Waals surface area contributed by atoms with Crippen molar-refractivity contribution in [3.05, 3.63) is 71.2 Å². The highest BCUT2D eigenvalue weighted by Gasteiger charge is 2.38. The molecule has 0 spiro atoms. The fourth-order valence-corrected chi connectivity index (χ4v) is 5.34. The highest BCUT2D eigenvalue weighted by Crippen LogP contribution is 2.33. The molecule has 2 aliphatic heterocycles. The van der Waals surface area contributed by atoms with E-state index in [2.05, 4.69) is 35.7 Å². The molecule has 2 fully saturated rings. The van der Waals surface area contributed by atoms with E-state index in [-0.39, 0.29) is 12.4 Å². The van der Waals surface area contributed by atoms with Gasteiger partial charge in [-0.05, 0) is 87.1 Å². The number of halogens is 4. The summed E-state index contributed by atoms with van der Waals surface area (Å²) in [7, 11) is 0. The number of likely N-dealkylation sites (tertiary alicyclic amines) is 1. The van der Waals surface area contributed by atoms with Crippen LogP contribution >= 0.6 is 0 Å². The van der Waals surface area contributed by atoms with Crippen LogP contribution in [0.3, 0.4) is 0 Å². The van der Waals surface area contributed by atoms with Gasteiger partial charge in [-0.2, -0.15) is 18.3 Å². The number of fused-ring (bicyclic) bond motifs is 1. The number of nitrogens with zero attached hydrogens (tertiary/aromatic N) is 3. The number of carboxylic acid groups (broad SMARTS) is 2. The Balaban J connectivity index is 0.000000517. The lowest BCUT2D eigenvalue weighted by molar-refractivity contribution is -0.192. The lowest BCUT2D eigenvalue weighted by Gasteiger charge is -2.30. The summed E-state index contributed by atoms with van der Waals surface area (Å²) in [6.07, 6.45) is 3.62. The molecule has 8 nitrogen and oxygen atoms in total. The number of aromatic nitrogens is 2. The number of alkyl halides is 3. The van der Waals surface area contributed by atoms with E-state index in [0.717, 1.165) is 61.2 Å². The molecule has 3 aromatic rings. The predicted octanol–water partition coefficient (Wildman–Crippen LogP) is 5.13. The van der Waals surface area contributed by atoms with Crippen molar-refractivity contribution in [1.29, 1.82) is 0 Å². The zero-order valence-corrected chi connectivity index (χ0v) is 23.0. The summed E-state index contributed by atoms with van der Waals surface area (Å²) in [6, 6.07) is 13.2. The Morgan fingerprint density at radius 3 is 2.24 bits per heavy atom. The van der Waals surface area contributed by atoms with Crippen LogP contribution in [-0.2, 0) is 16.1 Å². The van der Waals surface area contributed by atoms with Crippen LogP contribution in [0.25, 0.3) is 17.0 Å². The molecule has 0 bridgehead atoms. The van der Waals surface area contributed by atoms with Crippen LogP contribution in [0.4, 0.5) is 17.6 Å². The molecule has 0 radical (unpaired) electrons. The van der Waals surface area contributed by atoms with Crippen LogP contribution in [0, 0.1) is 11.7 Å². The Labute approximate surface area is 240 Å². The number of carbonyl (C=O) groups is 2. The average Bonchev–Trinajstić information content (AvgIpc) is 3.31. The van der Waals surface area contributed by atoms with Gasteiger partial charge in [0, 0.05) is 11.3 Å². The number of piperidine rings is 2. The molecule has 226 valence electrons. The minimum Gasteiger partial charge on any atom is -0.480 e. The van der Waals surface area contributed by atoms with E-state index >= 15 is 0 Å². The van der Waals surface area contributed by atoms with Gasteiger partial charge in [-0.15, -0.1) is 0 Å². The number of nitrogens with one attached hydrogen (secondary N) is 1. The molecule has 3 N–H and O–H groups in total. The van der Waals surface area contributed by atoms with Crippen molar-refractivity contribution < 1.29 is 37.4 Å². The highest BCUT2D eigenvalue weighted by atomic mass is 19.4. The molecule has 42 heavy (non-hydrogen) atoms. The average molecular weight is 591 g/mol.